The van der Waals surface area contributed by atoms with Crippen molar-refractivity contribution in [3.8, 4) is 17.0 Å². The first-order valence-corrected chi connectivity index (χ1v) is 9.08. The number of phenols is 1. The van der Waals surface area contributed by atoms with E-state index in [0.717, 1.165) is 22.0 Å². The number of hydrogen-bond acceptors (Lipinski definition) is 5. The lowest BCUT2D eigenvalue weighted by atomic mass is 10.2. The molecule has 0 atom stereocenters. The van der Waals surface area contributed by atoms with Crippen molar-refractivity contribution in [1.82, 2.24) is 4.98 Å². The van der Waals surface area contributed by atoms with Crippen LogP contribution in [-0.2, 0) is 0 Å². The minimum Gasteiger partial charge on any atom is -0.506 e. The molecule has 0 fully saturated rings. The van der Waals surface area contributed by atoms with Crippen molar-refractivity contribution in [3.05, 3.63) is 62.4 Å². The highest BCUT2D eigenvalue weighted by atomic mass is 79.9. The summed E-state index contributed by atoms with van der Waals surface area (Å²) in [5.74, 6) is 0.169. The van der Waals surface area contributed by atoms with Crippen molar-refractivity contribution in [3.63, 3.8) is 0 Å². The molecule has 1 heterocycles. The number of aromatic nitrogens is 1. The maximum absolute atomic E-state index is 9.68. The zero-order chi connectivity index (χ0) is 16.2. The number of halogens is 2. The van der Waals surface area contributed by atoms with Crippen molar-refractivity contribution < 1.29 is 5.11 Å². The van der Waals surface area contributed by atoms with Crippen molar-refractivity contribution in [1.29, 1.82) is 0 Å². The average molecular weight is 453 g/mol. The maximum atomic E-state index is 9.68. The van der Waals surface area contributed by atoms with E-state index in [9.17, 15) is 5.11 Å². The summed E-state index contributed by atoms with van der Waals surface area (Å²) in [5, 5.41) is 16.6. The van der Waals surface area contributed by atoms with E-state index in [2.05, 4.69) is 47.4 Å². The number of hydrogen-bond donors (Lipinski definition) is 2. The quantitative estimate of drug-likeness (QED) is 0.406. The van der Waals surface area contributed by atoms with E-state index in [-0.39, 0.29) is 5.75 Å². The summed E-state index contributed by atoms with van der Waals surface area (Å²) in [4.78, 5) is 4.50. The van der Waals surface area contributed by atoms with Crippen LogP contribution >= 0.6 is 43.2 Å². The van der Waals surface area contributed by atoms with Gasteiger partial charge in [-0.25, -0.2) is 4.98 Å². The molecule has 0 aliphatic rings. The lowest BCUT2D eigenvalue weighted by Gasteiger charge is -2.01. The molecule has 1 aromatic heterocycles. The number of nitrogens with zero attached hydrogens (tertiary/aromatic N) is 2. The summed E-state index contributed by atoms with van der Waals surface area (Å²) in [6, 6.07) is 13.6. The van der Waals surface area contributed by atoms with Gasteiger partial charge in [-0.2, -0.15) is 5.10 Å². The number of aromatic hydroxyl groups is 1. The third kappa shape index (κ3) is 3.99. The molecule has 0 saturated heterocycles. The van der Waals surface area contributed by atoms with Crippen LogP contribution in [-0.4, -0.2) is 16.3 Å². The molecule has 0 bridgehead atoms. The Morgan fingerprint density at radius 1 is 1.13 bits per heavy atom. The fourth-order valence-corrected chi connectivity index (χ4v) is 3.78. The van der Waals surface area contributed by atoms with Gasteiger partial charge in [0.25, 0.3) is 0 Å². The van der Waals surface area contributed by atoms with Crippen LogP contribution < -0.4 is 5.43 Å². The standard InChI is InChI=1S/C16H11Br2N3OS/c17-12-6-10(7-13(18)15(12)22)8-19-21-16-20-14(9-23-16)11-4-2-1-3-5-11/h1-9,22H,(H,20,21). The van der Waals surface area contributed by atoms with E-state index in [1.807, 2.05) is 35.7 Å². The lowest BCUT2D eigenvalue weighted by molar-refractivity contribution is 0.468. The van der Waals surface area contributed by atoms with Gasteiger partial charge in [0.2, 0.25) is 5.13 Å². The van der Waals surface area contributed by atoms with Gasteiger partial charge in [-0.05, 0) is 49.6 Å². The van der Waals surface area contributed by atoms with Crippen molar-refractivity contribution in [2.75, 3.05) is 5.43 Å². The van der Waals surface area contributed by atoms with Crippen molar-refractivity contribution in [2.24, 2.45) is 5.10 Å². The predicted octanol–water partition coefficient (Wildman–Crippen LogP) is 5.49. The van der Waals surface area contributed by atoms with E-state index < -0.39 is 0 Å². The molecule has 3 rings (SSSR count). The van der Waals surface area contributed by atoms with E-state index in [0.29, 0.717) is 8.95 Å². The summed E-state index contributed by atoms with van der Waals surface area (Å²) in [6.45, 7) is 0. The Bertz CT molecular complexity index is 827. The topological polar surface area (TPSA) is 57.5 Å². The highest BCUT2D eigenvalue weighted by Gasteiger charge is 2.05. The molecular weight excluding hydrogens is 442 g/mol. The molecule has 2 N–H and O–H groups in total. The highest BCUT2D eigenvalue weighted by molar-refractivity contribution is 9.11. The Balaban J connectivity index is 1.70. The molecular formula is C16H11Br2N3OS. The van der Waals surface area contributed by atoms with Crippen LogP contribution in [0.1, 0.15) is 5.56 Å². The van der Waals surface area contributed by atoms with E-state index >= 15 is 0 Å². The molecule has 0 aliphatic heterocycles. The van der Waals surface area contributed by atoms with E-state index in [1.165, 1.54) is 11.3 Å². The zero-order valence-electron chi connectivity index (χ0n) is 11.7. The van der Waals surface area contributed by atoms with Crippen molar-refractivity contribution in [2.45, 2.75) is 0 Å². The summed E-state index contributed by atoms with van der Waals surface area (Å²) < 4.78 is 1.21. The number of nitrogens with one attached hydrogen (secondary N) is 1. The molecule has 0 saturated carbocycles. The Morgan fingerprint density at radius 3 is 2.52 bits per heavy atom. The van der Waals surface area contributed by atoms with E-state index in [4.69, 9.17) is 0 Å². The van der Waals surface area contributed by atoms with Crippen LogP contribution in [0.2, 0.25) is 0 Å². The van der Waals surface area contributed by atoms with Gasteiger partial charge in [0.05, 0.1) is 20.9 Å². The highest BCUT2D eigenvalue weighted by Crippen LogP contribution is 2.32. The van der Waals surface area contributed by atoms with Gasteiger partial charge >= 0.3 is 0 Å². The number of anilines is 1. The first-order chi connectivity index (χ1) is 11.1. The number of benzene rings is 2. The molecule has 0 aliphatic carbocycles. The van der Waals surface area contributed by atoms with E-state index in [1.54, 1.807) is 18.3 Å². The van der Waals surface area contributed by atoms with Crippen molar-refractivity contribution >= 4 is 54.5 Å². The zero-order valence-corrected chi connectivity index (χ0v) is 15.7. The molecule has 2 aromatic carbocycles. The van der Waals surface area contributed by atoms with Gasteiger partial charge < -0.3 is 5.11 Å². The average Bonchev–Trinajstić information content (AvgIpc) is 3.02. The summed E-state index contributed by atoms with van der Waals surface area (Å²) in [7, 11) is 0. The second-order valence-electron chi connectivity index (χ2n) is 4.61. The van der Waals surface area contributed by atoms with Gasteiger partial charge in [-0.1, -0.05) is 30.3 Å². The van der Waals surface area contributed by atoms with Gasteiger partial charge in [0, 0.05) is 10.9 Å². The second-order valence-corrected chi connectivity index (χ2v) is 7.17. The second kappa shape index (κ2) is 7.25. The Hall–Kier alpha value is -1.70. The molecule has 0 unspecified atom stereocenters. The molecule has 0 spiro atoms. The SMILES string of the molecule is Oc1c(Br)cc(C=NNc2nc(-c3ccccc3)cs2)cc1Br. The molecule has 3 aromatic rings. The smallest absolute Gasteiger partial charge is 0.203 e. The molecule has 4 nitrogen and oxygen atoms in total. The monoisotopic (exact) mass is 451 g/mol. The summed E-state index contributed by atoms with van der Waals surface area (Å²) in [6.07, 6.45) is 1.67. The fourth-order valence-electron chi connectivity index (χ4n) is 1.89. The molecule has 0 amide bonds. The minimum atomic E-state index is 0.169. The molecule has 23 heavy (non-hydrogen) atoms. The van der Waals surface area contributed by atoms with Crippen LogP contribution in [0, 0.1) is 0 Å². The van der Waals surface area contributed by atoms with Crippen LogP contribution in [0.25, 0.3) is 11.3 Å². The van der Waals surface area contributed by atoms with Crippen LogP contribution in [0.5, 0.6) is 5.75 Å². The van der Waals surface area contributed by atoms with Crippen LogP contribution in [0.4, 0.5) is 5.13 Å². The Morgan fingerprint density at radius 2 is 1.83 bits per heavy atom. The third-order valence-corrected chi connectivity index (χ3v) is 4.94. The van der Waals surface area contributed by atoms with Crippen LogP contribution in [0.15, 0.2) is 61.9 Å². The Labute approximate surface area is 154 Å². The van der Waals surface area contributed by atoms with Gasteiger partial charge in [0.1, 0.15) is 5.75 Å². The van der Waals surface area contributed by atoms with Gasteiger partial charge in [-0.15, -0.1) is 11.3 Å². The minimum absolute atomic E-state index is 0.169. The maximum Gasteiger partial charge on any atom is 0.203 e. The number of rotatable bonds is 4. The predicted molar refractivity (Wildman–Crippen MR) is 102 cm³/mol. The first-order valence-electron chi connectivity index (χ1n) is 6.61. The number of phenolic OH excluding ortho intramolecular Hbond substituents is 1. The summed E-state index contributed by atoms with van der Waals surface area (Å²) >= 11 is 8.07. The number of thiazole rings is 1. The normalized spacial score (nSPS) is 11.0. The van der Waals surface area contributed by atoms with Crippen LogP contribution in [0.3, 0.4) is 0 Å². The fraction of sp³-hybridized carbons (Fsp3) is 0. The molecule has 116 valence electrons. The summed E-state index contributed by atoms with van der Waals surface area (Å²) in [5.41, 5.74) is 5.76. The van der Waals surface area contributed by atoms with Gasteiger partial charge in [-0.3, -0.25) is 5.43 Å². The Kier molecular flexibility index (Phi) is 5.09. The lowest BCUT2D eigenvalue weighted by Crippen LogP contribution is -1.90. The third-order valence-electron chi connectivity index (χ3n) is 2.99. The first kappa shape index (κ1) is 16.2. The van der Waals surface area contributed by atoms with Gasteiger partial charge in [0.15, 0.2) is 0 Å². The largest absolute Gasteiger partial charge is 0.506 e. The number of hydrazone groups is 1. The molecule has 0 radical (unpaired) electrons. The molecule has 7 heteroatoms.